The third kappa shape index (κ3) is 4.50. The second kappa shape index (κ2) is 6.95. The van der Waals surface area contributed by atoms with E-state index in [0.717, 1.165) is 5.06 Å². The fourth-order valence-corrected chi connectivity index (χ4v) is 4.10. The van der Waals surface area contributed by atoms with E-state index in [9.17, 15) is 21.6 Å². The summed E-state index contributed by atoms with van der Waals surface area (Å²) >= 11 is 0. The Labute approximate surface area is 135 Å². The molecule has 1 aliphatic rings. The van der Waals surface area contributed by atoms with Gasteiger partial charge < -0.3 is 0 Å². The molecule has 1 amide bonds. The summed E-state index contributed by atoms with van der Waals surface area (Å²) in [7, 11) is -6.91. The molecule has 0 unspecified atom stereocenters. The molecule has 1 aromatic rings. The molecule has 0 radical (unpaired) electrons. The average Bonchev–Trinajstić information content (AvgIpc) is 2.67. The van der Waals surface area contributed by atoms with Crippen LogP contribution in [0.15, 0.2) is 29.2 Å². The van der Waals surface area contributed by atoms with E-state index in [-0.39, 0.29) is 41.7 Å². The van der Waals surface area contributed by atoms with Crippen LogP contribution in [0.3, 0.4) is 0 Å². The minimum Gasteiger partial charge on any atom is -0.270 e. The van der Waals surface area contributed by atoms with Gasteiger partial charge in [-0.15, -0.1) is 0 Å². The summed E-state index contributed by atoms with van der Waals surface area (Å²) < 4.78 is 49.3. The topological polar surface area (TPSA) is 110 Å². The lowest BCUT2D eigenvalue weighted by atomic mass is 10.2. The number of rotatable bonds is 4. The van der Waals surface area contributed by atoms with Crippen molar-refractivity contribution in [2.24, 2.45) is 0 Å². The quantitative estimate of drug-likeness (QED) is 0.793. The molecule has 0 spiro atoms. The average molecular weight is 362 g/mol. The molecule has 23 heavy (non-hydrogen) atoms. The summed E-state index contributed by atoms with van der Waals surface area (Å²) in [6, 6.07) is 5.52. The van der Waals surface area contributed by atoms with Crippen molar-refractivity contribution >= 4 is 25.8 Å². The van der Waals surface area contributed by atoms with Crippen molar-refractivity contribution in [3.63, 3.8) is 0 Å². The van der Waals surface area contributed by atoms with Crippen LogP contribution in [0.2, 0.25) is 0 Å². The summed E-state index contributed by atoms with van der Waals surface area (Å²) in [5.41, 5.74) is 0.114. The predicted octanol–water partition coefficient (Wildman–Crippen LogP) is -0.213. The molecule has 0 aliphatic carbocycles. The number of hydrogen-bond acceptors (Lipinski definition) is 6. The Morgan fingerprint density at radius 2 is 2.09 bits per heavy atom. The van der Waals surface area contributed by atoms with Crippen molar-refractivity contribution < 1.29 is 26.5 Å². The van der Waals surface area contributed by atoms with Gasteiger partial charge in [0.1, 0.15) is 0 Å². The fourth-order valence-electron chi connectivity index (χ4n) is 2.04. The van der Waals surface area contributed by atoms with E-state index in [4.69, 9.17) is 4.84 Å². The number of carbonyl (C=O) groups is 1. The Balaban J connectivity index is 2.23. The van der Waals surface area contributed by atoms with E-state index in [1.807, 2.05) is 0 Å². The Morgan fingerprint density at radius 3 is 2.78 bits per heavy atom. The lowest BCUT2D eigenvalue weighted by molar-refractivity contribution is -0.111. The summed E-state index contributed by atoms with van der Waals surface area (Å²) in [5, 5.41) is 0.962. The van der Waals surface area contributed by atoms with Gasteiger partial charge in [-0.25, -0.2) is 26.6 Å². The number of nitrogens with one attached hydrogen (secondary N) is 1. The Kier molecular flexibility index (Phi) is 5.40. The van der Waals surface area contributed by atoms with Gasteiger partial charge in [-0.2, -0.15) is 0 Å². The maximum atomic E-state index is 12.4. The number of carbonyl (C=O) groups excluding carboxylic acids is 1. The smallest absolute Gasteiger partial charge is 0.270 e. The van der Waals surface area contributed by atoms with Crippen molar-refractivity contribution in [3.05, 3.63) is 29.8 Å². The third-order valence-corrected chi connectivity index (χ3v) is 6.34. The van der Waals surface area contributed by atoms with Crippen LogP contribution in [-0.2, 0) is 24.7 Å². The second-order valence-electron chi connectivity index (χ2n) is 4.92. The highest BCUT2D eigenvalue weighted by molar-refractivity contribution is 7.91. The molecule has 0 aromatic heterocycles. The van der Waals surface area contributed by atoms with Crippen molar-refractivity contribution in [3.8, 4) is 0 Å². The predicted molar refractivity (Wildman–Crippen MR) is 82.9 cm³/mol. The first-order valence-corrected chi connectivity index (χ1v) is 10.3. The van der Waals surface area contributed by atoms with Crippen molar-refractivity contribution in [2.45, 2.75) is 11.8 Å². The maximum absolute atomic E-state index is 12.4. The highest BCUT2D eigenvalue weighted by Crippen LogP contribution is 2.15. The van der Waals surface area contributed by atoms with E-state index in [1.54, 1.807) is 6.92 Å². The monoisotopic (exact) mass is 362 g/mol. The number of sulfone groups is 1. The van der Waals surface area contributed by atoms with Crippen LogP contribution in [0.1, 0.15) is 17.3 Å². The highest BCUT2D eigenvalue weighted by atomic mass is 32.2. The zero-order valence-electron chi connectivity index (χ0n) is 12.6. The Bertz CT molecular complexity index is 788. The van der Waals surface area contributed by atoms with Crippen LogP contribution in [0.4, 0.5) is 0 Å². The summed E-state index contributed by atoms with van der Waals surface area (Å²) in [4.78, 5) is 17.5. The van der Waals surface area contributed by atoms with Crippen LogP contribution in [0.25, 0.3) is 0 Å². The van der Waals surface area contributed by atoms with Crippen LogP contribution in [0, 0.1) is 0 Å². The van der Waals surface area contributed by atoms with Crippen molar-refractivity contribution in [1.82, 2.24) is 9.79 Å². The van der Waals surface area contributed by atoms with Crippen LogP contribution in [0.5, 0.6) is 0 Å². The Hall–Kier alpha value is -1.49. The zero-order chi connectivity index (χ0) is 17.1. The molecule has 0 bridgehead atoms. The van der Waals surface area contributed by atoms with Crippen LogP contribution < -0.4 is 4.72 Å². The molecule has 0 saturated carbocycles. The van der Waals surface area contributed by atoms with E-state index in [2.05, 4.69) is 4.72 Å². The molecule has 1 aliphatic heterocycles. The first kappa shape index (κ1) is 17.9. The van der Waals surface area contributed by atoms with E-state index < -0.39 is 25.8 Å². The van der Waals surface area contributed by atoms with Gasteiger partial charge in [0.2, 0.25) is 10.0 Å². The molecule has 1 fully saturated rings. The number of hydroxylamine groups is 2. The first-order valence-electron chi connectivity index (χ1n) is 7.00. The van der Waals surface area contributed by atoms with E-state index >= 15 is 0 Å². The molecule has 1 saturated heterocycles. The molecule has 1 heterocycles. The molecule has 2 rings (SSSR count). The summed E-state index contributed by atoms with van der Waals surface area (Å²) in [6.07, 6.45) is 0. The molecule has 128 valence electrons. The standard InChI is InChI=1S/C13H18N2O6S2/c1-2-14-23(19,20)12-5-3-4-11(10-12)13(16)15-6-8-22(17,18)9-7-21-15/h3-5,10,14H,2,6-9H2,1H3. The lowest BCUT2D eigenvalue weighted by Crippen LogP contribution is -2.33. The molecule has 1 aromatic carbocycles. The van der Waals surface area contributed by atoms with Gasteiger partial charge in [-0.3, -0.25) is 9.63 Å². The number of nitrogens with zero attached hydrogens (tertiary/aromatic N) is 1. The van der Waals surface area contributed by atoms with Gasteiger partial charge in [0.15, 0.2) is 9.84 Å². The minimum absolute atomic E-state index is 0.0346. The fraction of sp³-hybridized carbons (Fsp3) is 0.462. The van der Waals surface area contributed by atoms with E-state index in [0.29, 0.717) is 0 Å². The summed E-state index contributed by atoms with van der Waals surface area (Å²) in [6.45, 7) is 1.68. The highest BCUT2D eigenvalue weighted by Gasteiger charge is 2.25. The van der Waals surface area contributed by atoms with Gasteiger partial charge >= 0.3 is 0 Å². The SMILES string of the molecule is CCNS(=O)(=O)c1cccc(C(=O)N2CCS(=O)(=O)CCO2)c1. The molecule has 10 heteroatoms. The van der Waals surface area contributed by atoms with Crippen LogP contribution in [-0.4, -0.2) is 59.0 Å². The number of sulfonamides is 1. The minimum atomic E-state index is -3.68. The van der Waals surface area contributed by atoms with Crippen molar-refractivity contribution in [2.75, 3.05) is 31.2 Å². The van der Waals surface area contributed by atoms with E-state index in [1.165, 1.54) is 24.3 Å². The largest absolute Gasteiger partial charge is 0.277 e. The maximum Gasteiger partial charge on any atom is 0.277 e. The van der Waals surface area contributed by atoms with Gasteiger partial charge in [0, 0.05) is 12.1 Å². The molecule has 1 N–H and O–H groups in total. The number of benzene rings is 1. The van der Waals surface area contributed by atoms with Gasteiger partial charge in [0.25, 0.3) is 5.91 Å². The summed E-state index contributed by atoms with van der Waals surface area (Å²) in [5.74, 6) is -0.907. The normalized spacial score (nSPS) is 18.4. The van der Waals surface area contributed by atoms with Gasteiger partial charge in [0.05, 0.1) is 29.6 Å². The van der Waals surface area contributed by atoms with Crippen LogP contribution >= 0.6 is 0 Å². The number of amides is 1. The van der Waals surface area contributed by atoms with Gasteiger partial charge in [-0.05, 0) is 18.2 Å². The lowest BCUT2D eigenvalue weighted by Gasteiger charge is -2.19. The first-order chi connectivity index (χ1) is 10.7. The molecule has 8 nitrogen and oxygen atoms in total. The second-order valence-corrected chi connectivity index (χ2v) is 8.99. The van der Waals surface area contributed by atoms with Gasteiger partial charge in [-0.1, -0.05) is 13.0 Å². The zero-order valence-corrected chi connectivity index (χ0v) is 14.2. The molecule has 0 atom stereocenters. The van der Waals surface area contributed by atoms with Crippen molar-refractivity contribution in [1.29, 1.82) is 0 Å². The number of hydrogen-bond donors (Lipinski definition) is 1. The molecular weight excluding hydrogens is 344 g/mol. The Morgan fingerprint density at radius 1 is 1.35 bits per heavy atom. The third-order valence-electron chi connectivity index (χ3n) is 3.20. The molecular formula is C13H18N2O6S2.